The quantitative estimate of drug-likeness (QED) is 0.786. The highest BCUT2D eigenvalue weighted by molar-refractivity contribution is 5.99. The minimum absolute atomic E-state index is 0.158. The molecule has 0 spiro atoms. The Morgan fingerprint density at radius 3 is 1.88 bits per heavy atom. The Balaban J connectivity index is 3.58. The molecule has 0 aliphatic rings. The summed E-state index contributed by atoms with van der Waals surface area (Å²) in [7, 11) is 0. The molecule has 0 bridgehead atoms. The third-order valence-electron chi connectivity index (χ3n) is 2.82. The Morgan fingerprint density at radius 1 is 1.18 bits per heavy atom. The number of nitrogens with zero attached hydrogens (tertiary/aromatic N) is 1. The molecule has 0 aliphatic heterocycles. The van der Waals surface area contributed by atoms with Crippen LogP contribution in [0.1, 0.15) is 57.5 Å². The third kappa shape index (κ3) is 2.46. The average molecular weight is 237 g/mol. The summed E-state index contributed by atoms with van der Waals surface area (Å²) in [6.45, 7) is 12.3. The van der Waals surface area contributed by atoms with E-state index in [1.807, 2.05) is 52.3 Å². The predicted molar refractivity (Wildman–Crippen MR) is 71.1 cm³/mol. The molecule has 4 N–H and O–H groups in total. The lowest BCUT2D eigenvalue weighted by Crippen LogP contribution is -2.23. The summed E-state index contributed by atoms with van der Waals surface area (Å²) < 4.78 is 1.91. The monoisotopic (exact) mass is 237 g/mol. The molecule has 1 rings (SSSR count). The second-order valence-corrected chi connectivity index (χ2v) is 6.46. The lowest BCUT2D eigenvalue weighted by Gasteiger charge is -2.23. The van der Waals surface area contributed by atoms with Gasteiger partial charge in [-0.2, -0.15) is 0 Å². The number of rotatable bonds is 1. The largest absolute Gasteiger partial charge is 0.384 e. The van der Waals surface area contributed by atoms with E-state index in [-0.39, 0.29) is 11.0 Å². The number of nitrogen functional groups attached to an aromatic ring is 1. The van der Waals surface area contributed by atoms with E-state index < -0.39 is 5.91 Å². The number of aromatic nitrogens is 1. The van der Waals surface area contributed by atoms with Crippen molar-refractivity contribution >= 4 is 11.7 Å². The van der Waals surface area contributed by atoms with Gasteiger partial charge >= 0.3 is 0 Å². The van der Waals surface area contributed by atoms with E-state index in [1.54, 1.807) is 0 Å². The van der Waals surface area contributed by atoms with E-state index in [1.165, 1.54) is 0 Å². The van der Waals surface area contributed by atoms with Crippen LogP contribution in [0.25, 0.3) is 0 Å². The maximum Gasteiger partial charge on any atom is 0.252 e. The van der Waals surface area contributed by atoms with Crippen LogP contribution in [-0.4, -0.2) is 10.5 Å². The molecule has 4 nitrogen and oxygen atoms in total. The van der Waals surface area contributed by atoms with Gasteiger partial charge in [0.1, 0.15) is 5.82 Å². The van der Waals surface area contributed by atoms with Gasteiger partial charge in [-0.25, -0.2) is 0 Å². The molecule has 1 aromatic rings. The summed E-state index contributed by atoms with van der Waals surface area (Å²) in [6, 6.07) is 0. The molecular formula is C13H23N3O. The van der Waals surface area contributed by atoms with E-state index in [2.05, 4.69) is 0 Å². The average Bonchev–Trinajstić information content (AvgIpc) is 2.40. The van der Waals surface area contributed by atoms with Crippen molar-refractivity contribution in [1.29, 1.82) is 0 Å². The van der Waals surface area contributed by atoms with Crippen LogP contribution in [0.2, 0.25) is 0 Å². The molecule has 0 saturated carbocycles. The number of hydrogen-bond acceptors (Lipinski definition) is 2. The van der Waals surface area contributed by atoms with E-state index in [0.29, 0.717) is 11.4 Å². The van der Waals surface area contributed by atoms with E-state index in [4.69, 9.17) is 11.5 Å². The first-order chi connectivity index (χ1) is 7.46. The summed E-state index contributed by atoms with van der Waals surface area (Å²) in [5.74, 6) is -0.00894. The molecule has 0 atom stereocenters. The van der Waals surface area contributed by atoms with E-state index in [0.717, 1.165) is 5.56 Å². The second-order valence-electron chi connectivity index (χ2n) is 6.46. The number of carbonyl (C=O) groups is 1. The standard InChI is InChI=1S/C13H23N3O/c1-12(2,3)8-7-16(13(4,5)6)10(14)9(8)11(15)17/h7H,14H2,1-6H3,(H2,15,17). The van der Waals surface area contributed by atoms with Gasteiger partial charge in [-0.1, -0.05) is 20.8 Å². The maximum atomic E-state index is 11.6. The van der Waals surface area contributed by atoms with E-state index in [9.17, 15) is 4.79 Å². The van der Waals surface area contributed by atoms with Crippen LogP contribution in [0.5, 0.6) is 0 Å². The Morgan fingerprint density at radius 2 is 1.65 bits per heavy atom. The van der Waals surface area contributed by atoms with Crippen LogP contribution in [-0.2, 0) is 11.0 Å². The van der Waals surface area contributed by atoms with Crippen molar-refractivity contribution in [1.82, 2.24) is 4.57 Å². The van der Waals surface area contributed by atoms with Crippen LogP contribution < -0.4 is 11.5 Å². The van der Waals surface area contributed by atoms with Gasteiger partial charge < -0.3 is 16.0 Å². The first-order valence-corrected chi connectivity index (χ1v) is 5.78. The van der Waals surface area contributed by atoms with Crippen LogP contribution >= 0.6 is 0 Å². The molecule has 0 aliphatic carbocycles. The molecule has 96 valence electrons. The fourth-order valence-electron chi connectivity index (χ4n) is 1.90. The van der Waals surface area contributed by atoms with Gasteiger partial charge in [0.25, 0.3) is 5.91 Å². The summed E-state index contributed by atoms with van der Waals surface area (Å²) >= 11 is 0. The minimum atomic E-state index is -0.463. The zero-order valence-electron chi connectivity index (χ0n) is 11.6. The summed E-state index contributed by atoms with van der Waals surface area (Å²) in [4.78, 5) is 11.6. The number of hydrogen-bond donors (Lipinski definition) is 2. The molecule has 0 fully saturated rings. The zero-order chi connectivity index (χ0) is 13.6. The molecule has 0 unspecified atom stereocenters. The molecule has 0 saturated heterocycles. The fraction of sp³-hybridized carbons (Fsp3) is 0.615. The lowest BCUT2D eigenvalue weighted by molar-refractivity contribution is 0.0999. The van der Waals surface area contributed by atoms with Gasteiger partial charge in [-0.05, 0) is 31.7 Å². The SMILES string of the molecule is CC(C)(C)c1cn(C(C)(C)C)c(N)c1C(N)=O. The van der Waals surface area contributed by atoms with Gasteiger partial charge in [0, 0.05) is 11.7 Å². The van der Waals surface area contributed by atoms with Crippen molar-refractivity contribution in [3.8, 4) is 0 Å². The Hall–Kier alpha value is -1.45. The number of amides is 1. The predicted octanol–water partition coefficient (Wildman–Crippen LogP) is 2.22. The van der Waals surface area contributed by atoms with Gasteiger partial charge in [-0.3, -0.25) is 4.79 Å². The molecule has 1 heterocycles. The Kier molecular flexibility index (Phi) is 3.04. The highest BCUT2D eigenvalue weighted by Gasteiger charge is 2.29. The molecule has 0 radical (unpaired) electrons. The van der Waals surface area contributed by atoms with Gasteiger partial charge in [0.2, 0.25) is 0 Å². The molecule has 17 heavy (non-hydrogen) atoms. The van der Waals surface area contributed by atoms with Crippen molar-refractivity contribution in [2.75, 3.05) is 5.73 Å². The number of anilines is 1. The van der Waals surface area contributed by atoms with Crippen LogP contribution in [0, 0.1) is 0 Å². The summed E-state index contributed by atoms with van der Waals surface area (Å²) in [6.07, 6.45) is 1.94. The Bertz CT molecular complexity index is 444. The first-order valence-electron chi connectivity index (χ1n) is 5.78. The topological polar surface area (TPSA) is 74.0 Å². The fourth-order valence-corrected chi connectivity index (χ4v) is 1.90. The van der Waals surface area contributed by atoms with Crippen LogP contribution in [0.4, 0.5) is 5.82 Å². The summed E-state index contributed by atoms with van der Waals surface area (Å²) in [5, 5.41) is 0. The number of primary amides is 1. The molecule has 1 aromatic heterocycles. The Labute approximate surface area is 103 Å². The second kappa shape index (κ2) is 3.79. The van der Waals surface area contributed by atoms with Gasteiger partial charge in [0.15, 0.2) is 0 Å². The summed E-state index contributed by atoms with van der Waals surface area (Å²) in [5.41, 5.74) is 12.5. The normalized spacial score (nSPS) is 12.8. The maximum absolute atomic E-state index is 11.6. The minimum Gasteiger partial charge on any atom is -0.384 e. The van der Waals surface area contributed by atoms with E-state index >= 15 is 0 Å². The van der Waals surface area contributed by atoms with Crippen molar-refractivity contribution < 1.29 is 4.79 Å². The number of carbonyl (C=O) groups excluding carboxylic acids is 1. The van der Waals surface area contributed by atoms with Crippen LogP contribution in [0.3, 0.4) is 0 Å². The zero-order valence-corrected chi connectivity index (χ0v) is 11.6. The van der Waals surface area contributed by atoms with Crippen molar-refractivity contribution in [2.45, 2.75) is 52.5 Å². The molecule has 1 amide bonds. The lowest BCUT2D eigenvalue weighted by atomic mass is 9.86. The third-order valence-corrected chi connectivity index (χ3v) is 2.82. The smallest absolute Gasteiger partial charge is 0.252 e. The molecule has 4 heteroatoms. The van der Waals surface area contributed by atoms with Crippen molar-refractivity contribution in [3.63, 3.8) is 0 Å². The van der Waals surface area contributed by atoms with Crippen LogP contribution in [0.15, 0.2) is 6.20 Å². The highest BCUT2D eigenvalue weighted by Crippen LogP contribution is 2.34. The van der Waals surface area contributed by atoms with Crippen molar-refractivity contribution in [2.24, 2.45) is 5.73 Å². The van der Waals surface area contributed by atoms with Gasteiger partial charge in [0.05, 0.1) is 5.56 Å². The van der Waals surface area contributed by atoms with Crippen molar-refractivity contribution in [3.05, 3.63) is 17.3 Å². The highest BCUT2D eigenvalue weighted by atomic mass is 16.1. The first kappa shape index (κ1) is 13.6. The number of nitrogens with two attached hydrogens (primary N) is 2. The van der Waals surface area contributed by atoms with Gasteiger partial charge in [-0.15, -0.1) is 0 Å². The molecule has 0 aromatic carbocycles. The molecular weight excluding hydrogens is 214 g/mol.